The molecule has 30 heavy (non-hydrogen) atoms. The van der Waals surface area contributed by atoms with Crippen molar-refractivity contribution < 1.29 is 19.4 Å². The Morgan fingerprint density at radius 3 is 1.77 bits per heavy atom. The second-order valence-corrected chi connectivity index (χ2v) is 7.73. The molecular formula is C17H10Cl2N4O6S. The van der Waals surface area contributed by atoms with E-state index in [1.165, 1.54) is 12.1 Å². The predicted molar refractivity (Wildman–Crippen MR) is 111 cm³/mol. The first kappa shape index (κ1) is 21.7. The van der Waals surface area contributed by atoms with Gasteiger partial charge in [0.2, 0.25) is 0 Å². The number of amides is 2. The highest BCUT2D eigenvalue weighted by molar-refractivity contribution is 8.14. The van der Waals surface area contributed by atoms with E-state index in [4.69, 9.17) is 23.2 Å². The number of hydrogen-bond donors (Lipinski definition) is 0. The number of carbonyl (C=O) groups excluding carboxylic acids is 2. The Bertz CT molecular complexity index is 1050. The van der Waals surface area contributed by atoms with Crippen molar-refractivity contribution in [2.45, 2.75) is 0 Å². The Balaban J connectivity index is 2.15. The second-order valence-electron chi connectivity index (χ2n) is 5.80. The smallest absolute Gasteiger partial charge is 0.268 e. The van der Waals surface area contributed by atoms with Gasteiger partial charge in [0.25, 0.3) is 23.2 Å². The third-order valence-electron chi connectivity index (χ3n) is 3.94. The van der Waals surface area contributed by atoms with Crippen LogP contribution in [0.3, 0.4) is 0 Å². The molecule has 0 unspecified atom stereocenters. The average Bonchev–Trinajstić information content (AvgIpc) is 3.21. The lowest BCUT2D eigenvalue weighted by Crippen LogP contribution is -2.40. The first-order valence-electron chi connectivity index (χ1n) is 8.14. The number of imide groups is 1. The molecule has 2 aromatic rings. The molecule has 0 saturated carbocycles. The minimum absolute atomic E-state index is 0.0153. The highest BCUT2D eigenvalue weighted by atomic mass is 35.5. The van der Waals surface area contributed by atoms with Crippen LogP contribution in [0.5, 0.6) is 0 Å². The van der Waals surface area contributed by atoms with E-state index in [0.29, 0.717) is 17.2 Å². The summed E-state index contributed by atoms with van der Waals surface area (Å²) in [5.74, 6) is -1.64. The van der Waals surface area contributed by atoms with Crippen LogP contribution in [0.4, 0.5) is 11.4 Å². The SMILES string of the molecule is O=C(c1ccc(Cl)cc1[N+](=O)[O-])N(C(=O)c1ccc(Cl)cc1[N+](=O)[O-])C1=NCCS1. The highest BCUT2D eigenvalue weighted by Gasteiger charge is 2.37. The molecule has 0 aromatic heterocycles. The Kier molecular flexibility index (Phi) is 6.34. The summed E-state index contributed by atoms with van der Waals surface area (Å²) in [6, 6.07) is 6.70. The number of thioether (sulfide) groups is 1. The molecule has 2 amide bonds. The van der Waals surface area contributed by atoms with E-state index in [2.05, 4.69) is 4.99 Å². The zero-order chi connectivity index (χ0) is 22.0. The number of nitro benzene ring substituents is 2. The van der Waals surface area contributed by atoms with Gasteiger partial charge in [-0.05, 0) is 24.3 Å². The molecule has 0 saturated heterocycles. The molecule has 0 bridgehead atoms. The van der Waals surface area contributed by atoms with E-state index in [0.717, 1.165) is 36.0 Å². The van der Waals surface area contributed by atoms with Crippen LogP contribution in [0.2, 0.25) is 10.0 Å². The molecule has 154 valence electrons. The van der Waals surface area contributed by atoms with E-state index in [1.807, 2.05) is 0 Å². The van der Waals surface area contributed by atoms with Gasteiger partial charge in [0.1, 0.15) is 11.1 Å². The monoisotopic (exact) mass is 468 g/mol. The fourth-order valence-electron chi connectivity index (χ4n) is 2.64. The third-order valence-corrected chi connectivity index (χ3v) is 5.37. The molecule has 3 rings (SSSR count). The summed E-state index contributed by atoms with van der Waals surface area (Å²) in [7, 11) is 0. The number of benzene rings is 2. The molecule has 10 nitrogen and oxygen atoms in total. The fraction of sp³-hybridized carbons (Fsp3) is 0.118. The minimum atomic E-state index is -1.05. The lowest BCUT2D eigenvalue weighted by atomic mass is 10.1. The summed E-state index contributed by atoms with van der Waals surface area (Å²) in [6.07, 6.45) is 0. The van der Waals surface area contributed by atoms with Crippen LogP contribution < -0.4 is 0 Å². The first-order chi connectivity index (χ1) is 14.2. The molecule has 0 atom stereocenters. The summed E-state index contributed by atoms with van der Waals surface area (Å²) in [5, 5.41) is 22.8. The summed E-state index contributed by atoms with van der Waals surface area (Å²) >= 11 is 12.7. The van der Waals surface area contributed by atoms with Gasteiger partial charge in [0.15, 0.2) is 5.17 Å². The van der Waals surface area contributed by atoms with Crippen LogP contribution >= 0.6 is 35.0 Å². The molecular weight excluding hydrogens is 459 g/mol. The number of amidine groups is 1. The van der Waals surface area contributed by atoms with Gasteiger partial charge in [0.05, 0.1) is 16.4 Å². The number of aliphatic imine (C=N–C) groups is 1. The van der Waals surface area contributed by atoms with Crippen LogP contribution in [0.1, 0.15) is 20.7 Å². The van der Waals surface area contributed by atoms with E-state index in [1.54, 1.807) is 0 Å². The van der Waals surface area contributed by atoms with Crippen molar-refractivity contribution >= 4 is 63.3 Å². The fourth-order valence-corrected chi connectivity index (χ4v) is 3.81. The van der Waals surface area contributed by atoms with Crippen LogP contribution in [-0.2, 0) is 0 Å². The molecule has 13 heteroatoms. The topological polar surface area (TPSA) is 136 Å². The predicted octanol–water partition coefficient (Wildman–Crippen LogP) is 4.20. The number of nitro groups is 2. The maximum Gasteiger partial charge on any atom is 0.283 e. The van der Waals surface area contributed by atoms with Crippen LogP contribution in [-0.4, -0.2) is 44.0 Å². The number of carbonyl (C=O) groups is 2. The van der Waals surface area contributed by atoms with Gasteiger partial charge in [-0.1, -0.05) is 35.0 Å². The van der Waals surface area contributed by atoms with Gasteiger partial charge in [-0.25, -0.2) is 4.90 Å². The first-order valence-corrected chi connectivity index (χ1v) is 9.88. The molecule has 1 aliphatic rings. The molecule has 0 fully saturated rings. The molecule has 0 N–H and O–H groups in total. The zero-order valence-electron chi connectivity index (χ0n) is 14.8. The van der Waals surface area contributed by atoms with Crippen LogP contribution in [0, 0.1) is 20.2 Å². The Morgan fingerprint density at radius 1 is 0.933 bits per heavy atom. The van der Waals surface area contributed by atoms with Crippen molar-refractivity contribution in [3.63, 3.8) is 0 Å². The summed E-state index contributed by atoms with van der Waals surface area (Å²) in [4.78, 5) is 52.3. The number of halogens is 2. The summed E-state index contributed by atoms with van der Waals surface area (Å²) in [6.45, 7) is 0.308. The van der Waals surface area contributed by atoms with Crippen molar-refractivity contribution in [1.29, 1.82) is 0 Å². The third kappa shape index (κ3) is 4.27. The van der Waals surface area contributed by atoms with Crippen molar-refractivity contribution in [2.75, 3.05) is 12.3 Å². The Hall–Kier alpha value is -3.02. The van der Waals surface area contributed by atoms with Gasteiger partial charge in [-0.15, -0.1) is 0 Å². The second kappa shape index (κ2) is 8.78. The minimum Gasteiger partial charge on any atom is -0.268 e. The van der Waals surface area contributed by atoms with E-state index >= 15 is 0 Å². The molecule has 0 aliphatic carbocycles. The maximum absolute atomic E-state index is 13.2. The van der Waals surface area contributed by atoms with Crippen molar-refractivity contribution in [1.82, 2.24) is 4.90 Å². The van der Waals surface area contributed by atoms with E-state index in [-0.39, 0.29) is 15.2 Å². The van der Waals surface area contributed by atoms with Gasteiger partial charge >= 0.3 is 0 Å². The van der Waals surface area contributed by atoms with E-state index in [9.17, 15) is 29.8 Å². The lowest BCUT2D eigenvalue weighted by molar-refractivity contribution is -0.385. The van der Waals surface area contributed by atoms with Crippen LogP contribution in [0.15, 0.2) is 41.4 Å². The molecule has 1 heterocycles. The average molecular weight is 469 g/mol. The maximum atomic E-state index is 13.2. The van der Waals surface area contributed by atoms with Gasteiger partial charge < -0.3 is 0 Å². The zero-order valence-corrected chi connectivity index (χ0v) is 17.1. The van der Waals surface area contributed by atoms with Crippen LogP contribution in [0.25, 0.3) is 0 Å². The summed E-state index contributed by atoms with van der Waals surface area (Å²) < 4.78 is 0. The molecule has 1 aliphatic heterocycles. The van der Waals surface area contributed by atoms with Gasteiger partial charge in [-0.2, -0.15) is 0 Å². The lowest BCUT2D eigenvalue weighted by Gasteiger charge is -2.20. The quantitative estimate of drug-likeness (QED) is 0.372. The highest BCUT2D eigenvalue weighted by Crippen LogP contribution is 2.30. The Morgan fingerprint density at radius 2 is 1.40 bits per heavy atom. The molecule has 0 spiro atoms. The largest absolute Gasteiger partial charge is 0.283 e. The van der Waals surface area contributed by atoms with E-state index < -0.39 is 44.2 Å². The summed E-state index contributed by atoms with van der Waals surface area (Å²) in [5.41, 5.74) is -2.05. The van der Waals surface area contributed by atoms with Crippen molar-refractivity contribution in [3.05, 3.63) is 77.8 Å². The van der Waals surface area contributed by atoms with Crippen molar-refractivity contribution in [3.8, 4) is 0 Å². The molecule has 2 aromatic carbocycles. The van der Waals surface area contributed by atoms with Gasteiger partial charge in [0, 0.05) is 27.9 Å². The standard InChI is InChI=1S/C17H10Cl2N4O6S/c18-9-1-3-11(13(7-9)22(26)27)15(24)21(17-20-5-6-30-17)16(25)12-4-2-10(19)8-14(12)23(28)29/h1-4,7-8H,5-6H2. The molecule has 0 radical (unpaired) electrons. The number of nitrogens with zero attached hydrogens (tertiary/aromatic N) is 4. The van der Waals surface area contributed by atoms with Crippen molar-refractivity contribution in [2.24, 2.45) is 4.99 Å². The normalized spacial score (nSPS) is 12.9. The number of hydrogen-bond acceptors (Lipinski definition) is 8. The Labute approximate surface area is 182 Å². The number of rotatable bonds is 4. The van der Waals surface area contributed by atoms with Gasteiger partial charge in [-0.3, -0.25) is 34.8 Å².